The van der Waals surface area contributed by atoms with E-state index in [2.05, 4.69) is 35.3 Å². The van der Waals surface area contributed by atoms with E-state index in [1.54, 1.807) is 0 Å². The Balaban J connectivity index is 1.07. The third-order valence-electron chi connectivity index (χ3n) is 7.89. The van der Waals surface area contributed by atoms with Gasteiger partial charge in [0.25, 0.3) is 0 Å². The lowest BCUT2D eigenvalue weighted by atomic mass is 9.81. The van der Waals surface area contributed by atoms with Gasteiger partial charge in [0.2, 0.25) is 11.8 Å². The van der Waals surface area contributed by atoms with Gasteiger partial charge in [0.15, 0.2) is 10.1 Å². The van der Waals surface area contributed by atoms with Crippen LogP contribution in [0.1, 0.15) is 47.2 Å². The van der Waals surface area contributed by atoms with Crippen LogP contribution in [0.15, 0.2) is 65.0 Å². The molecule has 2 atom stereocenters. The third-order valence-corrected chi connectivity index (χ3v) is 10.1. The molecule has 2 heterocycles. The lowest BCUT2D eigenvalue weighted by molar-refractivity contribution is -0.122. The molecule has 2 fully saturated rings. The van der Waals surface area contributed by atoms with Crippen LogP contribution in [0.5, 0.6) is 0 Å². The summed E-state index contributed by atoms with van der Waals surface area (Å²) in [5.74, 6) is -0.0509. The minimum absolute atomic E-state index is 0.0591. The van der Waals surface area contributed by atoms with Gasteiger partial charge in [-0.1, -0.05) is 61.0 Å². The standard InChI is InChI=1S/C30H24N2O3S2/c33-26(18-9-11-22-19(14-18)13-17-5-1-2-6-21(17)22)16-36-30-31-25-12-10-20(15-27(25)37-30)32-28(34)23-7-3-4-8-24(23)29(32)35/h1-2,5-6,9-12,14-15,23-24H,3-4,7-8,13,16H2/t23-,24-/m1/s1. The molecular weight excluding hydrogens is 500 g/mol. The lowest BCUT2D eigenvalue weighted by Crippen LogP contribution is -2.30. The minimum atomic E-state index is -0.163. The van der Waals surface area contributed by atoms with Gasteiger partial charge in [-0.15, -0.1) is 11.3 Å². The fourth-order valence-electron chi connectivity index (χ4n) is 6.04. The van der Waals surface area contributed by atoms with E-state index in [0.717, 1.165) is 52.2 Å². The van der Waals surface area contributed by atoms with Gasteiger partial charge in [-0.2, -0.15) is 0 Å². The normalized spacial score (nSPS) is 20.3. The second-order valence-corrected chi connectivity index (χ2v) is 12.3. The molecule has 2 amide bonds. The number of ketones is 1. The number of anilines is 1. The Morgan fingerprint density at radius 2 is 1.68 bits per heavy atom. The van der Waals surface area contributed by atoms with E-state index >= 15 is 0 Å². The molecule has 1 saturated carbocycles. The molecule has 1 saturated heterocycles. The number of benzene rings is 3. The first-order valence-corrected chi connectivity index (χ1v) is 14.5. The zero-order chi connectivity index (χ0) is 25.1. The maximum Gasteiger partial charge on any atom is 0.237 e. The van der Waals surface area contributed by atoms with E-state index in [1.165, 1.54) is 50.3 Å². The summed E-state index contributed by atoms with van der Waals surface area (Å²) < 4.78 is 1.72. The smallest absolute Gasteiger partial charge is 0.237 e. The number of amides is 2. The molecule has 7 heteroatoms. The van der Waals surface area contributed by atoms with E-state index in [1.807, 2.05) is 30.3 Å². The molecule has 4 aromatic rings. The molecule has 1 aromatic heterocycles. The van der Waals surface area contributed by atoms with E-state index in [9.17, 15) is 14.4 Å². The van der Waals surface area contributed by atoms with Crippen LogP contribution >= 0.6 is 23.1 Å². The van der Waals surface area contributed by atoms with Crippen molar-refractivity contribution in [2.24, 2.45) is 11.8 Å². The highest BCUT2D eigenvalue weighted by molar-refractivity contribution is 8.01. The van der Waals surface area contributed by atoms with Crippen molar-refractivity contribution in [2.45, 2.75) is 36.4 Å². The predicted molar refractivity (Wildman–Crippen MR) is 147 cm³/mol. The van der Waals surface area contributed by atoms with Crippen molar-refractivity contribution in [1.82, 2.24) is 4.98 Å². The molecule has 3 aromatic carbocycles. The number of nitrogens with zero attached hydrogens (tertiary/aromatic N) is 2. The van der Waals surface area contributed by atoms with Crippen LogP contribution in [-0.4, -0.2) is 28.3 Å². The molecule has 0 spiro atoms. The number of imide groups is 1. The van der Waals surface area contributed by atoms with Crippen LogP contribution in [0.25, 0.3) is 21.3 Å². The second-order valence-electron chi connectivity index (χ2n) is 10.1. The summed E-state index contributed by atoms with van der Waals surface area (Å²) in [6.07, 6.45) is 4.51. The number of aromatic nitrogens is 1. The lowest BCUT2D eigenvalue weighted by Gasteiger charge is -2.19. The van der Waals surface area contributed by atoms with Gasteiger partial charge >= 0.3 is 0 Å². The minimum Gasteiger partial charge on any atom is -0.293 e. The number of hydrogen-bond donors (Lipinski definition) is 0. The van der Waals surface area contributed by atoms with Gasteiger partial charge in [0.1, 0.15) is 0 Å². The molecule has 37 heavy (non-hydrogen) atoms. The predicted octanol–water partition coefficient (Wildman–Crippen LogP) is 6.52. The highest BCUT2D eigenvalue weighted by Crippen LogP contribution is 2.42. The molecule has 3 aliphatic rings. The third kappa shape index (κ3) is 3.83. The number of Topliss-reactive ketones (excluding diaryl/α,β-unsaturated/α-hetero) is 1. The van der Waals surface area contributed by atoms with Gasteiger partial charge in [0, 0.05) is 5.56 Å². The molecule has 0 unspecified atom stereocenters. The average molecular weight is 525 g/mol. The maximum absolute atomic E-state index is 13.0. The number of rotatable bonds is 5. The fourth-order valence-corrected chi connectivity index (χ4v) is 8.03. The number of carbonyl (C=O) groups is 3. The van der Waals surface area contributed by atoms with Crippen molar-refractivity contribution in [1.29, 1.82) is 0 Å². The quantitative estimate of drug-likeness (QED) is 0.149. The molecule has 1 aliphatic heterocycles. The maximum atomic E-state index is 13.0. The molecule has 184 valence electrons. The van der Waals surface area contributed by atoms with E-state index in [0.29, 0.717) is 11.4 Å². The number of thioether (sulfide) groups is 1. The summed E-state index contributed by atoms with van der Waals surface area (Å²) in [7, 11) is 0. The van der Waals surface area contributed by atoms with Crippen LogP contribution in [0.4, 0.5) is 5.69 Å². The summed E-state index contributed by atoms with van der Waals surface area (Å²) in [4.78, 5) is 45.1. The van der Waals surface area contributed by atoms with Crippen LogP contribution < -0.4 is 4.90 Å². The number of thiazole rings is 1. The Morgan fingerprint density at radius 3 is 2.49 bits per heavy atom. The molecule has 0 radical (unpaired) electrons. The topological polar surface area (TPSA) is 67.3 Å². The van der Waals surface area contributed by atoms with Crippen molar-refractivity contribution < 1.29 is 14.4 Å². The zero-order valence-corrected chi connectivity index (χ0v) is 21.7. The first kappa shape index (κ1) is 22.9. The van der Waals surface area contributed by atoms with Gasteiger partial charge in [-0.25, -0.2) is 4.98 Å². The Hall–Kier alpha value is -3.29. The van der Waals surface area contributed by atoms with Crippen LogP contribution in [0, 0.1) is 11.8 Å². The van der Waals surface area contributed by atoms with Crippen molar-refractivity contribution in [3.05, 3.63) is 77.4 Å². The van der Waals surface area contributed by atoms with Crippen LogP contribution in [0.3, 0.4) is 0 Å². The van der Waals surface area contributed by atoms with E-state index < -0.39 is 0 Å². The van der Waals surface area contributed by atoms with Gasteiger partial charge in [0.05, 0.1) is 33.5 Å². The molecule has 2 aliphatic carbocycles. The first-order valence-electron chi connectivity index (χ1n) is 12.7. The molecule has 0 N–H and O–H groups in total. The van der Waals surface area contributed by atoms with Crippen LogP contribution in [0.2, 0.25) is 0 Å². The van der Waals surface area contributed by atoms with Crippen molar-refractivity contribution in [3.8, 4) is 11.1 Å². The summed E-state index contributed by atoms with van der Waals surface area (Å²) in [5, 5.41) is 0. The number of fused-ring (bicyclic) bond motifs is 5. The van der Waals surface area contributed by atoms with E-state index in [-0.39, 0.29) is 29.4 Å². The number of carbonyl (C=O) groups excluding carboxylic acids is 3. The summed E-state index contributed by atoms with van der Waals surface area (Å²) in [6, 6.07) is 20.0. The summed E-state index contributed by atoms with van der Waals surface area (Å²) >= 11 is 2.93. The monoisotopic (exact) mass is 524 g/mol. The van der Waals surface area contributed by atoms with Crippen molar-refractivity contribution in [3.63, 3.8) is 0 Å². The number of hydrogen-bond acceptors (Lipinski definition) is 6. The molecule has 0 bridgehead atoms. The second kappa shape index (κ2) is 8.92. The summed E-state index contributed by atoms with van der Waals surface area (Å²) in [5.41, 5.74) is 7.17. The highest BCUT2D eigenvalue weighted by Gasteiger charge is 2.48. The molecule has 5 nitrogen and oxygen atoms in total. The Morgan fingerprint density at radius 1 is 0.919 bits per heavy atom. The summed E-state index contributed by atoms with van der Waals surface area (Å²) in [6.45, 7) is 0. The average Bonchev–Trinajstić information content (AvgIpc) is 3.58. The SMILES string of the molecule is O=C(CSc1nc2ccc(N3C(=O)[C@@H]4CCCC[C@H]4C3=O)cc2s1)c1ccc2c(c1)Cc1ccccc1-2. The first-order chi connectivity index (χ1) is 18.1. The fraction of sp³-hybridized carbons (Fsp3) is 0.267. The Kier molecular flexibility index (Phi) is 5.52. The van der Waals surface area contributed by atoms with E-state index in [4.69, 9.17) is 0 Å². The Bertz CT molecular complexity index is 1580. The largest absolute Gasteiger partial charge is 0.293 e. The van der Waals surface area contributed by atoms with Crippen LogP contribution in [-0.2, 0) is 16.0 Å². The highest BCUT2D eigenvalue weighted by atomic mass is 32.2. The van der Waals surface area contributed by atoms with Gasteiger partial charge < -0.3 is 0 Å². The zero-order valence-electron chi connectivity index (χ0n) is 20.1. The van der Waals surface area contributed by atoms with Gasteiger partial charge in [-0.3, -0.25) is 19.3 Å². The molecule has 7 rings (SSSR count). The Labute approximate surface area is 222 Å². The molecular formula is C30H24N2O3S2. The van der Waals surface area contributed by atoms with Crippen molar-refractivity contribution >= 4 is 56.6 Å². The van der Waals surface area contributed by atoms with Gasteiger partial charge in [-0.05, 0) is 65.8 Å². The van der Waals surface area contributed by atoms with Crippen molar-refractivity contribution in [2.75, 3.05) is 10.7 Å².